The van der Waals surface area contributed by atoms with Crippen molar-refractivity contribution in [1.29, 1.82) is 0 Å². The van der Waals surface area contributed by atoms with Crippen LogP contribution in [-0.2, 0) is 0 Å². The van der Waals surface area contributed by atoms with Crippen LogP contribution in [0.15, 0.2) is 72.4 Å². The van der Waals surface area contributed by atoms with Crippen molar-refractivity contribution in [1.82, 2.24) is 9.97 Å². The Morgan fingerprint density at radius 2 is 2.05 bits per heavy atom. The Balaban J connectivity index is 2.47. The van der Waals surface area contributed by atoms with Gasteiger partial charge in [-0.3, -0.25) is 0 Å². The second kappa shape index (κ2) is 6.25. The fourth-order valence-electron chi connectivity index (χ4n) is 1.67. The van der Waals surface area contributed by atoms with Crippen molar-refractivity contribution >= 4 is 21.5 Å². The molecule has 0 spiro atoms. The Labute approximate surface area is 121 Å². The highest BCUT2D eigenvalue weighted by Crippen LogP contribution is 2.21. The molecule has 0 fully saturated rings. The zero-order valence-corrected chi connectivity index (χ0v) is 12.0. The van der Waals surface area contributed by atoms with E-state index in [1.54, 1.807) is 18.3 Å². The molecule has 0 amide bonds. The molecule has 2 rings (SSSR count). The van der Waals surface area contributed by atoms with Crippen LogP contribution in [0.4, 0.5) is 0 Å². The number of benzene rings is 1. The normalized spacial score (nSPS) is 11.1. The standard InChI is InChI=1S/C16H13BrN2/c1-3-6-12(4-2)15-9-10-18-16(19-15)13-7-5-8-14(17)11-13/h3-11H,1-2H2/b12-6+. The summed E-state index contributed by atoms with van der Waals surface area (Å²) in [5.74, 6) is 0.690. The number of hydrogen-bond donors (Lipinski definition) is 0. The highest BCUT2D eigenvalue weighted by molar-refractivity contribution is 9.10. The molecule has 3 heteroatoms. The largest absolute Gasteiger partial charge is 0.237 e. The van der Waals surface area contributed by atoms with Crippen LogP contribution in [0.5, 0.6) is 0 Å². The summed E-state index contributed by atoms with van der Waals surface area (Å²) >= 11 is 3.45. The fourth-order valence-corrected chi connectivity index (χ4v) is 2.07. The number of aromatic nitrogens is 2. The zero-order chi connectivity index (χ0) is 13.7. The summed E-state index contributed by atoms with van der Waals surface area (Å²) in [6.45, 7) is 7.48. The van der Waals surface area contributed by atoms with Gasteiger partial charge in [-0.1, -0.05) is 59.4 Å². The molecule has 1 aromatic carbocycles. The molecule has 0 aliphatic rings. The molecule has 0 aliphatic heterocycles. The van der Waals surface area contributed by atoms with Crippen LogP contribution < -0.4 is 0 Å². The lowest BCUT2D eigenvalue weighted by molar-refractivity contribution is 1.15. The molecule has 94 valence electrons. The molecule has 0 atom stereocenters. The van der Waals surface area contributed by atoms with Gasteiger partial charge in [0, 0.05) is 16.2 Å². The molecule has 2 aromatic rings. The van der Waals surface area contributed by atoms with Gasteiger partial charge in [-0.05, 0) is 23.8 Å². The van der Waals surface area contributed by atoms with Crippen molar-refractivity contribution in [2.45, 2.75) is 0 Å². The fraction of sp³-hybridized carbons (Fsp3) is 0. The summed E-state index contributed by atoms with van der Waals surface area (Å²) in [5.41, 5.74) is 2.73. The minimum absolute atomic E-state index is 0.690. The molecule has 0 bridgehead atoms. The molecule has 2 nitrogen and oxygen atoms in total. The van der Waals surface area contributed by atoms with Gasteiger partial charge in [-0.15, -0.1) is 0 Å². The molecule has 19 heavy (non-hydrogen) atoms. The van der Waals surface area contributed by atoms with Crippen LogP contribution >= 0.6 is 15.9 Å². The van der Waals surface area contributed by atoms with E-state index in [9.17, 15) is 0 Å². The van der Waals surface area contributed by atoms with Crippen LogP contribution in [0.2, 0.25) is 0 Å². The van der Waals surface area contributed by atoms with Gasteiger partial charge < -0.3 is 0 Å². The predicted molar refractivity (Wildman–Crippen MR) is 83.5 cm³/mol. The highest BCUT2D eigenvalue weighted by atomic mass is 79.9. The Bertz CT molecular complexity index is 645. The van der Waals surface area contributed by atoms with Gasteiger partial charge >= 0.3 is 0 Å². The van der Waals surface area contributed by atoms with Gasteiger partial charge in [0.05, 0.1) is 5.69 Å². The molecule has 1 heterocycles. The lowest BCUT2D eigenvalue weighted by Crippen LogP contribution is -1.93. The summed E-state index contributed by atoms with van der Waals surface area (Å²) < 4.78 is 1.00. The van der Waals surface area contributed by atoms with Gasteiger partial charge in [0.15, 0.2) is 5.82 Å². The Kier molecular flexibility index (Phi) is 4.42. The Hall–Kier alpha value is -2.00. The minimum Gasteiger partial charge on any atom is -0.237 e. The smallest absolute Gasteiger partial charge is 0.159 e. The lowest BCUT2D eigenvalue weighted by Gasteiger charge is -2.04. The molecule has 0 radical (unpaired) electrons. The maximum atomic E-state index is 4.55. The molecular formula is C16H13BrN2. The van der Waals surface area contributed by atoms with E-state index in [0.29, 0.717) is 5.82 Å². The number of allylic oxidation sites excluding steroid dienone is 4. The monoisotopic (exact) mass is 312 g/mol. The lowest BCUT2D eigenvalue weighted by atomic mass is 10.1. The summed E-state index contributed by atoms with van der Waals surface area (Å²) in [6.07, 6.45) is 7.10. The van der Waals surface area contributed by atoms with Crippen molar-refractivity contribution in [2.24, 2.45) is 0 Å². The number of hydrogen-bond acceptors (Lipinski definition) is 2. The van der Waals surface area contributed by atoms with Crippen LogP contribution in [0.3, 0.4) is 0 Å². The number of rotatable bonds is 4. The third-order valence-electron chi connectivity index (χ3n) is 2.55. The van der Waals surface area contributed by atoms with Crippen LogP contribution in [0.1, 0.15) is 5.69 Å². The van der Waals surface area contributed by atoms with Crippen molar-refractivity contribution in [3.05, 3.63) is 78.1 Å². The summed E-state index contributed by atoms with van der Waals surface area (Å²) in [7, 11) is 0. The van der Waals surface area contributed by atoms with E-state index in [-0.39, 0.29) is 0 Å². The van der Waals surface area contributed by atoms with Gasteiger partial charge in [0.1, 0.15) is 0 Å². The van der Waals surface area contributed by atoms with Crippen LogP contribution in [0, 0.1) is 0 Å². The second-order valence-corrected chi connectivity index (χ2v) is 4.75. The molecular weight excluding hydrogens is 300 g/mol. The van der Waals surface area contributed by atoms with E-state index >= 15 is 0 Å². The molecule has 0 unspecified atom stereocenters. The molecule has 0 aliphatic carbocycles. The first-order chi connectivity index (χ1) is 9.24. The first-order valence-corrected chi connectivity index (χ1v) is 6.58. The predicted octanol–water partition coefficient (Wildman–Crippen LogP) is 4.66. The van der Waals surface area contributed by atoms with E-state index in [0.717, 1.165) is 21.3 Å². The van der Waals surface area contributed by atoms with E-state index in [1.807, 2.05) is 36.4 Å². The SMILES string of the molecule is C=C/C=C(\C=C)c1ccnc(-c2cccc(Br)c2)n1. The van der Waals surface area contributed by atoms with Gasteiger partial charge in [0.2, 0.25) is 0 Å². The summed E-state index contributed by atoms with van der Waals surface area (Å²) in [5, 5.41) is 0. The Morgan fingerprint density at radius 3 is 2.74 bits per heavy atom. The van der Waals surface area contributed by atoms with Gasteiger partial charge in [-0.25, -0.2) is 9.97 Å². The third-order valence-corrected chi connectivity index (χ3v) is 3.04. The van der Waals surface area contributed by atoms with E-state index in [4.69, 9.17) is 0 Å². The number of halogens is 1. The van der Waals surface area contributed by atoms with Gasteiger partial charge in [0.25, 0.3) is 0 Å². The van der Waals surface area contributed by atoms with Crippen molar-refractivity contribution < 1.29 is 0 Å². The third kappa shape index (κ3) is 3.26. The maximum Gasteiger partial charge on any atom is 0.159 e. The molecule has 1 aromatic heterocycles. The first-order valence-electron chi connectivity index (χ1n) is 5.79. The number of nitrogens with zero attached hydrogens (tertiary/aromatic N) is 2. The van der Waals surface area contributed by atoms with Crippen molar-refractivity contribution in [3.8, 4) is 11.4 Å². The average Bonchev–Trinajstić information content (AvgIpc) is 2.45. The van der Waals surface area contributed by atoms with E-state index < -0.39 is 0 Å². The van der Waals surface area contributed by atoms with Crippen molar-refractivity contribution in [2.75, 3.05) is 0 Å². The second-order valence-electron chi connectivity index (χ2n) is 3.84. The first kappa shape index (κ1) is 13.4. The summed E-state index contributed by atoms with van der Waals surface area (Å²) in [4.78, 5) is 8.86. The zero-order valence-electron chi connectivity index (χ0n) is 10.4. The average molecular weight is 313 g/mol. The molecule has 0 N–H and O–H groups in total. The highest BCUT2D eigenvalue weighted by Gasteiger charge is 2.04. The van der Waals surface area contributed by atoms with Crippen LogP contribution in [-0.4, -0.2) is 9.97 Å². The van der Waals surface area contributed by atoms with E-state index in [2.05, 4.69) is 39.1 Å². The Morgan fingerprint density at radius 1 is 1.21 bits per heavy atom. The van der Waals surface area contributed by atoms with Crippen LogP contribution in [0.25, 0.3) is 17.0 Å². The topological polar surface area (TPSA) is 25.8 Å². The summed E-state index contributed by atoms with van der Waals surface area (Å²) in [6, 6.07) is 9.76. The van der Waals surface area contributed by atoms with E-state index in [1.165, 1.54) is 0 Å². The molecule has 0 saturated carbocycles. The minimum atomic E-state index is 0.690. The van der Waals surface area contributed by atoms with Crippen molar-refractivity contribution in [3.63, 3.8) is 0 Å². The maximum absolute atomic E-state index is 4.55. The quantitative estimate of drug-likeness (QED) is 0.767. The van der Waals surface area contributed by atoms with Gasteiger partial charge in [-0.2, -0.15) is 0 Å². The molecule has 0 saturated heterocycles.